The third-order valence-electron chi connectivity index (χ3n) is 3.03. The largest absolute Gasteiger partial charge is 0.361 e. The zero-order chi connectivity index (χ0) is 13.8. The highest BCUT2D eigenvalue weighted by Crippen LogP contribution is 2.15. The van der Waals surface area contributed by atoms with Gasteiger partial charge in [0, 0.05) is 28.2 Å². The molecular formula is C16H13N3O. The second-order valence-corrected chi connectivity index (χ2v) is 4.35. The van der Waals surface area contributed by atoms with Gasteiger partial charge in [-0.3, -0.25) is 4.79 Å². The van der Waals surface area contributed by atoms with Crippen LogP contribution in [0, 0.1) is 0 Å². The van der Waals surface area contributed by atoms with E-state index in [4.69, 9.17) is 0 Å². The van der Waals surface area contributed by atoms with Gasteiger partial charge in [-0.15, -0.1) is 0 Å². The number of carbonyl (C=O) groups excluding carboxylic acids is 1. The minimum absolute atomic E-state index is 0.221. The van der Waals surface area contributed by atoms with Crippen molar-refractivity contribution in [2.45, 2.75) is 0 Å². The summed E-state index contributed by atoms with van der Waals surface area (Å²) in [6.45, 7) is 0. The summed E-state index contributed by atoms with van der Waals surface area (Å²) in [6, 6.07) is 16.9. The van der Waals surface area contributed by atoms with Crippen molar-refractivity contribution in [2.75, 3.05) is 0 Å². The molecule has 4 heteroatoms. The Morgan fingerprint density at radius 2 is 1.80 bits per heavy atom. The van der Waals surface area contributed by atoms with Gasteiger partial charge in [0.15, 0.2) is 0 Å². The van der Waals surface area contributed by atoms with Crippen molar-refractivity contribution in [3.63, 3.8) is 0 Å². The van der Waals surface area contributed by atoms with Crippen molar-refractivity contribution in [3.05, 3.63) is 71.9 Å². The summed E-state index contributed by atoms with van der Waals surface area (Å²) in [7, 11) is 0. The van der Waals surface area contributed by atoms with Crippen LogP contribution in [0.1, 0.15) is 15.9 Å². The zero-order valence-corrected chi connectivity index (χ0v) is 10.7. The zero-order valence-electron chi connectivity index (χ0n) is 10.7. The standard InChI is InChI=1S/C16H13N3O/c20-16(12-6-2-1-3-7-12)19-18-11-13-10-17-15-9-5-4-8-14(13)15/h1-11,17H,(H,19,20)/b18-11+. The maximum Gasteiger partial charge on any atom is 0.271 e. The van der Waals surface area contributed by atoms with Gasteiger partial charge in [-0.1, -0.05) is 36.4 Å². The number of amides is 1. The van der Waals surface area contributed by atoms with Gasteiger partial charge in [0.05, 0.1) is 6.21 Å². The molecule has 0 saturated heterocycles. The van der Waals surface area contributed by atoms with E-state index in [9.17, 15) is 4.79 Å². The number of H-pyrrole nitrogens is 1. The Kier molecular flexibility index (Phi) is 3.29. The second kappa shape index (κ2) is 5.40. The van der Waals surface area contributed by atoms with Crippen LogP contribution in [0.5, 0.6) is 0 Å². The molecule has 0 bridgehead atoms. The predicted molar refractivity (Wildman–Crippen MR) is 79.8 cm³/mol. The third kappa shape index (κ3) is 2.44. The van der Waals surface area contributed by atoms with Crippen LogP contribution in [-0.2, 0) is 0 Å². The number of hydrazone groups is 1. The fraction of sp³-hybridized carbons (Fsp3) is 0. The lowest BCUT2D eigenvalue weighted by Gasteiger charge is -1.98. The van der Waals surface area contributed by atoms with Crippen LogP contribution in [0.25, 0.3) is 10.9 Å². The molecule has 0 fully saturated rings. The average molecular weight is 263 g/mol. The molecule has 0 aliphatic carbocycles. The van der Waals surface area contributed by atoms with Crippen molar-refractivity contribution in [2.24, 2.45) is 5.10 Å². The number of aromatic amines is 1. The molecule has 4 nitrogen and oxygen atoms in total. The van der Waals surface area contributed by atoms with Crippen molar-refractivity contribution in [1.29, 1.82) is 0 Å². The summed E-state index contributed by atoms with van der Waals surface area (Å²) < 4.78 is 0. The van der Waals surface area contributed by atoms with Crippen LogP contribution in [0.15, 0.2) is 65.9 Å². The maximum atomic E-state index is 11.8. The summed E-state index contributed by atoms with van der Waals surface area (Å²) >= 11 is 0. The van der Waals surface area contributed by atoms with E-state index < -0.39 is 0 Å². The molecule has 98 valence electrons. The van der Waals surface area contributed by atoms with Crippen LogP contribution in [0.3, 0.4) is 0 Å². The van der Waals surface area contributed by atoms with Gasteiger partial charge in [0.25, 0.3) is 5.91 Å². The van der Waals surface area contributed by atoms with Crippen molar-refractivity contribution in [3.8, 4) is 0 Å². The molecule has 0 atom stereocenters. The molecule has 2 aromatic carbocycles. The molecule has 0 aliphatic heterocycles. The van der Waals surface area contributed by atoms with Crippen molar-refractivity contribution < 1.29 is 4.79 Å². The number of hydrogen-bond donors (Lipinski definition) is 2. The van der Waals surface area contributed by atoms with E-state index in [0.717, 1.165) is 16.5 Å². The molecule has 0 aliphatic rings. The lowest BCUT2D eigenvalue weighted by Crippen LogP contribution is -2.17. The van der Waals surface area contributed by atoms with Crippen LogP contribution in [0.4, 0.5) is 0 Å². The highest BCUT2D eigenvalue weighted by Gasteiger charge is 2.02. The van der Waals surface area contributed by atoms with Crippen LogP contribution in [0.2, 0.25) is 0 Å². The number of benzene rings is 2. The van der Waals surface area contributed by atoms with E-state index in [1.807, 2.05) is 48.7 Å². The van der Waals surface area contributed by atoms with Gasteiger partial charge >= 0.3 is 0 Å². The van der Waals surface area contributed by atoms with Crippen molar-refractivity contribution >= 4 is 23.0 Å². The first-order chi connectivity index (χ1) is 9.84. The predicted octanol–water partition coefficient (Wildman–Crippen LogP) is 2.93. The van der Waals surface area contributed by atoms with E-state index in [1.165, 1.54) is 0 Å². The first kappa shape index (κ1) is 12.2. The number of nitrogens with one attached hydrogen (secondary N) is 2. The van der Waals surface area contributed by atoms with E-state index in [1.54, 1.807) is 18.3 Å². The lowest BCUT2D eigenvalue weighted by atomic mass is 10.2. The third-order valence-corrected chi connectivity index (χ3v) is 3.03. The maximum absolute atomic E-state index is 11.8. The molecule has 0 radical (unpaired) electrons. The Morgan fingerprint density at radius 1 is 1.05 bits per heavy atom. The van der Waals surface area contributed by atoms with E-state index in [0.29, 0.717) is 5.56 Å². The molecule has 0 saturated carbocycles. The summed E-state index contributed by atoms with van der Waals surface area (Å²) in [5, 5.41) is 5.07. The Morgan fingerprint density at radius 3 is 2.65 bits per heavy atom. The van der Waals surface area contributed by atoms with Gasteiger partial charge in [-0.2, -0.15) is 5.10 Å². The summed E-state index contributed by atoms with van der Waals surface area (Å²) in [5.74, 6) is -0.221. The smallest absolute Gasteiger partial charge is 0.271 e. The minimum atomic E-state index is -0.221. The highest BCUT2D eigenvalue weighted by molar-refractivity contribution is 6.00. The number of carbonyl (C=O) groups is 1. The monoisotopic (exact) mass is 263 g/mol. The summed E-state index contributed by atoms with van der Waals surface area (Å²) in [4.78, 5) is 15.0. The molecule has 3 rings (SSSR count). The quantitative estimate of drug-likeness (QED) is 0.554. The van der Waals surface area contributed by atoms with E-state index in [2.05, 4.69) is 15.5 Å². The molecular weight excluding hydrogens is 250 g/mol. The number of aromatic nitrogens is 1. The number of hydrogen-bond acceptors (Lipinski definition) is 2. The van der Waals surface area contributed by atoms with Gasteiger partial charge in [-0.05, 0) is 18.2 Å². The van der Waals surface area contributed by atoms with Gasteiger partial charge < -0.3 is 4.98 Å². The highest BCUT2D eigenvalue weighted by atomic mass is 16.2. The van der Waals surface area contributed by atoms with Crippen LogP contribution < -0.4 is 5.43 Å². The lowest BCUT2D eigenvalue weighted by molar-refractivity contribution is 0.0955. The Bertz CT molecular complexity index is 760. The van der Waals surface area contributed by atoms with Crippen molar-refractivity contribution in [1.82, 2.24) is 10.4 Å². The fourth-order valence-electron chi connectivity index (χ4n) is 2.02. The second-order valence-electron chi connectivity index (χ2n) is 4.35. The Balaban J connectivity index is 1.74. The van der Waals surface area contributed by atoms with Gasteiger partial charge in [0.1, 0.15) is 0 Å². The minimum Gasteiger partial charge on any atom is -0.361 e. The first-order valence-electron chi connectivity index (χ1n) is 6.29. The number of fused-ring (bicyclic) bond motifs is 1. The van der Waals surface area contributed by atoms with Crippen LogP contribution in [-0.4, -0.2) is 17.1 Å². The molecule has 20 heavy (non-hydrogen) atoms. The first-order valence-corrected chi connectivity index (χ1v) is 6.29. The molecule has 0 unspecified atom stereocenters. The summed E-state index contributed by atoms with van der Waals surface area (Å²) in [6.07, 6.45) is 3.50. The van der Waals surface area contributed by atoms with Gasteiger partial charge in [0.2, 0.25) is 0 Å². The van der Waals surface area contributed by atoms with Gasteiger partial charge in [-0.25, -0.2) is 5.43 Å². The Hall–Kier alpha value is -2.88. The molecule has 1 heterocycles. The Labute approximate surface area is 116 Å². The average Bonchev–Trinajstić information content (AvgIpc) is 2.92. The normalized spacial score (nSPS) is 11.0. The SMILES string of the molecule is O=C(N/N=C/c1c[nH]c2ccccc12)c1ccccc1. The van der Waals surface area contributed by atoms with E-state index in [-0.39, 0.29) is 5.91 Å². The van der Waals surface area contributed by atoms with E-state index >= 15 is 0 Å². The van der Waals surface area contributed by atoms with Crippen LogP contribution >= 0.6 is 0 Å². The summed E-state index contributed by atoms with van der Waals surface area (Å²) in [5.41, 5.74) is 5.09. The fourth-order valence-corrected chi connectivity index (χ4v) is 2.02. The number of para-hydroxylation sites is 1. The molecule has 1 aromatic heterocycles. The number of nitrogens with zero attached hydrogens (tertiary/aromatic N) is 1. The molecule has 1 amide bonds. The molecule has 2 N–H and O–H groups in total. The number of rotatable bonds is 3. The topological polar surface area (TPSA) is 57.2 Å². The molecule has 3 aromatic rings. The molecule has 0 spiro atoms.